The third-order valence-electron chi connectivity index (χ3n) is 7.11. The van der Waals surface area contributed by atoms with Crippen molar-refractivity contribution in [3.05, 3.63) is 124 Å². The van der Waals surface area contributed by atoms with Crippen LogP contribution in [0, 0.1) is 0 Å². The van der Waals surface area contributed by atoms with E-state index in [4.69, 9.17) is 27.9 Å². The van der Waals surface area contributed by atoms with E-state index >= 15 is 0 Å². The van der Waals surface area contributed by atoms with Crippen molar-refractivity contribution in [3.8, 4) is 5.75 Å². The van der Waals surface area contributed by atoms with Crippen LogP contribution in [0.3, 0.4) is 0 Å². The third kappa shape index (κ3) is 9.00. The van der Waals surface area contributed by atoms with Gasteiger partial charge in [0.15, 0.2) is 0 Å². The summed E-state index contributed by atoms with van der Waals surface area (Å²) in [5.74, 6) is -0.430. The minimum atomic E-state index is -4.27. The second kappa shape index (κ2) is 15.8. The van der Waals surface area contributed by atoms with Crippen LogP contribution in [0.4, 0.5) is 5.69 Å². The van der Waals surface area contributed by atoms with E-state index in [0.717, 1.165) is 15.4 Å². The average molecular weight is 669 g/mol. The Hall–Kier alpha value is -4.05. The minimum absolute atomic E-state index is 0.0400. The van der Waals surface area contributed by atoms with Gasteiger partial charge in [0.05, 0.1) is 17.7 Å². The van der Waals surface area contributed by atoms with Crippen LogP contribution in [0.15, 0.2) is 108 Å². The quantitative estimate of drug-likeness (QED) is 0.169. The zero-order chi connectivity index (χ0) is 32.4. The van der Waals surface area contributed by atoms with E-state index in [0.29, 0.717) is 28.8 Å². The monoisotopic (exact) mass is 667 g/mol. The summed E-state index contributed by atoms with van der Waals surface area (Å²) in [6.45, 7) is 1.82. The van der Waals surface area contributed by atoms with Crippen molar-refractivity contribution >= 4 is 50.7 Å². The molecule has 1 atom stereocenters. The van der Waals surface area contributed by atoms with Crippen molar-refractivity contribution in [2.75, 3.05) is 24.5 Å². The first kappa shape index (κ1) is 33.8. The van der Waals surface area contributed by atoms with Gasteiger partial charge in [-0.1, -0.05) is 78.7 Å². The zero-order valence-corrected chi connectivity index (χ0v) is 27.4. The number of sulfonamides is 1. The Morgan fingerprint density at radius 1 is 0.844 bits per heavy atom. The van der Waals surface area contributed by atoms with E-state index in [1.54, 1.807) is 42.5 Å². The van der Waals surface area contributed by atoms with Gasteiger partial charge in [-0.15, -0.1) is 0 Å². The summed E-state index contributed by atoms with van der Waals surface area (Å²) in [7, 11) is -2.78. The van der Waals surface area contributed by atoms with Gasteiger partial charge in [-0.2, -0.15) is 0 Å². The van der Waals surface area contributed by atoms with Crippen LogP contribution in [-0.2, 0) is 32.6 Å². The van der Waals surface area contributed by atoms with Gasteiger partial charge in [-0.3, -0.25) is 13.9 Å². The number of hydrogen-bond acceptors (Lipinski definition) is 5. The fraction of sp³-hybridized carbons (Fsp3) is 0.235. The first-order valence-corrected chi connectivity index (χ1v) is 16.6. The summed E-state index contributed by atoms with van der Waals surface area (Å²) in [6.07, 6.45) is 0.926. The minimum Gasteiger partial charge on any atom is -0.497 e. The van der Waals surface area contributed by atoms with Crippen LogP contribution in [0.2, 0.25) is 10.0 Å². The lowest BCUT2D eigenvalue weighted by molar-refractivity contribution is -0.140. The molecule has 236 valence electrons. The molecule has 8 nitrogen and oxygen atoms in total. The first-order valence-electron chi connectivity index (χ1n) is 14.4. The van der Waals surface area contributed by atoms with Gasteiger partial charge in [0.25, 0.3) is 10.0 Å². The van der Waals surface area contributed by atoms with Crippen LogP contribution in [0.25, 0.3) is 0 Å². The maximum Gasteiger partial charge on any atom is 0.264 e. The summed E-state index contributed by atoms with van der Waals surface area (Å²) in [5, 5.41) is 3.75. The van der Waals surface area contributed by atoms with Gasteiger partial charge >= 0.3 is 0 Å². The third-order valence-corrected chi connectivity index (χ3v) is 9.38. The normalized spacial score (nSPS) is 11.8. The molecule has 0 aromatic heterocycles. The number of benzene rings is 4. The van der Waals surface area contributed by atoms with Gasteiger partial charge in [-0.25, -0.2) is 8.42 Å². The number of ether oxygens (including phenoxy) is 1. The molecule has 4 aromatic carbocycles. The number of amides is 2. The maximum atomic E-state index is 14.4. The molecule has 0 spiro atoms. The molecule has 0 aliphatic heterocycles. The molecule has 4 aromatic rings. The molecule has 0 radical (unpaired) electrons. The van der Waals surface area contributed by atoms with Crippen LogP contribution in [-0.4, -0.2) is 51.4 Å². The highest BCUT2D eigenvalue weighted by atomic mass is 35.5. The molecule has 0 aliphatic carbocycles. The van der Waals surface area contributed by atoms with Gasteiger partial charge in [-0.05, 0) is 72.1 Å². The molecule has 0 unspecified atom stereocenters. The van der Waals surface area contributed by atoms with E-state index in [9.17, 15) is 18.0 Å². The van der Waals surface area contributed by atoms with Crippen molar-refractivity contribution < 1.29 is 22.7 Å². The number of methoxy groups -OCH3 is 1. The molecule has 4 rings (SSSR count). The van der Waals surface area contributed by atoms with Crippen molar-refractivity contribution in [1.82, 2.24) is 10.2 Å². The molecular formula is C34H35Cl2N3O5S. The van der Waals surface area contributed by atoms with Gasteiger partial charge in [0.2, 0.25) is 11.8 Å². The Kier molecular flexibility index (Phi) is 11.9. The molecule has 0 saturated heterocycles. The number of anilines is 1. The van der Waals surface area contributed by atoms with Crippen molar-refractivity contribution in [1.29, 1.82) is 0 Å². The number of carbonyl (C=O) groups is 2. The molecule has 0 heterocycles. The molecule has 2 amide bonds. The Balaban J connectivity index is 1.79. The largest absolute Gasteiger partial charge is 0.497 e. The Morgan fingerprint density at radius 3 is 2.16 bits per heavy atom. The van der Waals surface area contributed by atoms with Crippen LogP contribution in [0.1, 0.15) is 24.5 Å². The zero-order valence-electron chi connectivity index (χ0n) is 25.0. The van der Waals surface area contributed by atoms with Gasteiger partial charge in [0.1, 0.15) is 18.3 Å². The molecule has 0 saturated carbocycles. The van der Waals surface area contributed by atoms with E-state index in [2.05, 4.69) is 5.32 Å². The van der Waals surface area contributed by atoms with Crippen LogP contribution < -0.4 is 14.4 Å². The highest BCUT2D eigenvalue weighted by Gasteiger charge is 2.34. The lowest BCUT2D eigenvalue weighted by atomic mass is 10.0. The standard InChI is InChI=1S/C34H35Cl2N3O5S/c1-3-20-37-34(41)32(21-25-8-5-4-6-9-25)38(23-26-12-14-27(35)15-13-26)33(40)24-39(29-11-7-10-28(36)22-29)45(42,43)31-18-16-30(44-2)17-19-31/h4-19,22,32H,3,20-21,23-24H2,1-2H3,(H,37,41)/t32-/m1/s1. The number of hydrogen-bond donors (Lipinski definition) is 1. The maximum absolute atomic E-state index is 14.4. The fourth-order valence-corrected chi connectivity index (χ4v) is 6.46. The van der Waals surface area contributed by atoms with E-state index in [1.807, 2.05) is 37.3 Å². The summed E-state index contributed by atoms with van der Waals surface area (Å²) < 4.78 is 34.4. The number of nitrogens with one attached hydrogen (secondary N) is 1. The highest BCUT2D eigenvalue weighted by molar-refractivity contribution is 7.92. The van der Waals surface area contributed by atoms with Gasteiger partial charge in [0, 0.05) is 29.6 Å². The molecule has 11 heteroatoms. The van der Waals surface area contributed by atoms with Crippen LogP contribution >= 0.6 is 23.2 Å². The topological polar surface area (TPSA) is 96.0 Å². The Bertz CT molecular complexity index is 1690. The number of nitrogens with zero attached hydrogens (tertiary/aromatic N) is 2. The lowest BCUT2D eigenvalue weighted by Crippen LogP contribution is -2.53. The van der Waals surface area contributed by atoms with Crippen molar-refractivity contribution in [2.24, 2.45) is 0 Å². The Morgan fingerprint density at radius 2 is 1.53 bits per heavy atom. The molecular weight excluding hydrogens is 633 g/mol. The summed E-state index contributed by atoms with van der Waals surface area (Å²) in [4.78, 5) is 29.5. The van der Waals surface area contributed by atoms with E-state index in [1.165, 1.54) is 42.3 Å². The van der Waals surface area contributed by atoms with E-state index < -0.39 is 28.5 Å². The fourth-order valence-electron chi connectivity index (χ4n) is 4.74. The second-order valence-electron chi connectivity index (χ2n) is 10.3. The predicted molar refractivity (Wildman–Crippen MR) is 178 cm³/mol. The average Bonchev–Trinajstić information content (AvgIpc) is 3.05. The Labute approximate surface area is 274 Å². The first-order chi connectivity index (χ1) is 21.6. The molecule has 0 aliphatic rings. The predicted octanol–water partition coefficient (Wildman–Crippen LogP) is 6.36. The number of rotatable bonds is 14. The van der Waals surface area contributed by atoms with Gasteiger partial charge < -0.3 is 15.0 Å². The smallest absolute Gasteiger partial charge is 0.264 e. The lowest BCUT2D eigenvalue weighted by Gasteiger charge is -2.34. The van der Waals surface area contributed by atoms with Crippen molar-refractivity contribution in [3.63, 3.8) is 0 Å². The summed E-state index contributed by atoms with van der Waals surface area (Å²) in [6, 6.07) is 27.6. The SMILES string of the molecule is CCCNC(=O)[C@@H](Cc1ccccc1)N(Cc1ccc(Cl)cc1)C(=O)CN(c1cccc(Cl)c1)S(=O)(=O)c1ccc(OC)cc1. The van der Waals surface area contributed by atoms with Crippen molar-refractivity contribution in [2.45, 2.75) is 37.2 Å². The van der Waals surface area contributed by atoms with E-state index in [-0.39, 0.29) is 29.5 Å². The molecule has 45 heavy (non-hydrogen) atoms. The second-order valence-corrected chi connectivity index (χ2v) is 13.0. The molecule has 1 N–H and O–H groups in total. The van der Waals surface area contributed by atoms with Crippen LogP contribution in [0.5, 0.6) is 5.75 Å². The number of halogens is 2. The summed E-state index contributed by atoms with van der Waals surface area (Å²) >= 11 is 12.4. The number of carbonyl (C=O) groups excluding carboxylic acids is 2. The molecule has 0 bridgehead atoms. The highest BCUT2D eigenvalue weighted by Crippen LogP contribution is 2.28. The summed E-state index contributed by atoms with van der Waals surface area (Å²) in [5.41, 5.74) is 1.77. The molecule has 0 fully saturated rings.